The Morgan fingerprint density at radius 3 is 2.73 bits per heavy atom. The van der Waals surface area contributed by atoms with E-state index in [1.54, 1.807) is 24.3 Å². The van der Waals surface area contributed by atoms with Crippen LogP contribution in [-0.2, 0) is 16.1 Å². The van der Waals surface area contributed by atoms with Gasteiger partial charge in [-0.25, -0.2) is 4.79 Å². The number of amides is 1. The third kappa shape index (κ3) is 4.51. The number of thiophene rings is 1. The number of ether oxygens (including phenoxy) is 1. The van der Waals surface area contributed by atoms with Crippen LogP contribution in [0.2, 0.25) is 0 Å². The van der Waals surface area contributed by atoms with Gasteiger partial charge < -0.3 is 10.1 Å². The van der Waals surface area contributed by atoms with Crippen molar-refractivity contribution in [1.29, 1.82) is 0 Å². The number of aromatic nitrogens is 4. The fraction of sp³-hybridized carbons (Fsp3) is 0.235. The van der Waals surface area contributed by atoms with E-state index < -0.39 is 0 Å². The molecule has 0 unspecified atom stereocenters. The smallest absolute Gasteiger partial charge is 0.338 e. The first-order valence-electron chi connectivity index (χ1n) is 8.03. The minimum atomic E-state index is -0.377. The molecule has 0 saturated heterocycles. The van der Waals surface area contributed by atoms with Crippen LogP contribution >= 0.6 is 11.3 Å². The van der Waals surface area contributed by atoms with Crippen LogP contribution in [0.1, 0.15) is 23.7 Å². The number of benzene rings is 1. The van der Waals surface area contributed by atoms with Gasteiger partial charge in [0.15, 0.2) is 0 Å². The molecule has 0 bridgehead atoms. The Hall–Kier alpha value is -3.07. The van der Waals surface area contributed by atoms with E-state index in [0.717, 1.165) is 12.0 Å². The summed E-state index contributed by atoms with van der Waals surface area (Å²) in [5.74, 6) is -0.188. The van der Waals surface area contributed by atoms with Crippen molar-refractivity contribution in [2.75, 3.05) is 11.9 Å². The van der Waals surface area contributed by atoms with Crippen LogP contribution in [0.15, 0.2) is 41.1 Å². The molecule has 1 N–H and O–H groups in total. The van der Waals surface area contributed by atoms with Crippen molar-refractivity contribution in [1.82, 2.24) is 20.2 Å². The molecular weight excluding hydrogens is 354 g/mol. The van der Waals surface area contributed by atoms with E-state index in [0.29, 0.717) is 23.7 Å². The zero-order chi connectivity index (χ0) is 18.4. The molecule has 0 aliphatic rings. The first-order valence-corrected chi connectivity index (χ1v) is 8.97. The van der Waals surface area contributed by atoms with E-state index >= 15 is 0 Å². The van der Waals surface area contributed by atoms with E-state index in [-0.39, 0.29) is 18.4 Å². The highest BCUT2D eigenvalue weighted by Crippen LogP contribution is 2.16. The second kappa shape index (κ2) is 8.34. The number of tetrazole rings is 1. The van der Waals surface area contributed by atoms with Crippen LogP contribution in [-0.4, -0.2) is 38.7 Å². The Kier molecular flexibility index (Phi) is 5.69. The van der Waals surface area contributed by atoms with Crippen LogP contribution in [0.25, 0.3) is 11.4 Å². The molecule has 0 spiro atoms. The predicted molar refractivity (Wildman–Crippen MR) is 96.8 cm³/mol. The fourth-order valence-corrected chi connectivity index (χ4v) is 2.75. The van der Waals surface area contributed by atoms with Gasteiger partial charge in [0, 0.05) is 16.6 Å². The van der Waals surface area contributed by atoms with Crippen molar-refractivity contribution in [2.45, 2.75) is 19.9 Å². The van der Waals surface area contributed by atoms with Gasteiger partial charge in [0.1, 0.15) is 6.54 Å². The lowest BCUT2D eigenvalue weighted by Crippen LogP contribution is -2.20. The van der Waals surface area contributed by atoms with Gasteiger partial charge in [0.2, 0.25) is 11.7 Å². The fourth-order valence-electron chi connectivity index (χ4n) is 2.11. The molecule has 8 nitrogen and oxygen atoms in total. The number of hydrogen-bond acceptors (Lipinski definition) is 7. The van der Waals surface area contributed by atoms with E-state index in [1.165, 1.54) is 16.1 Å². The summed E-state index contributed by atoms with van der Waals surface area (Å²) in [6, 6.07) is 8.39. The number of anilines is 1. The summed E-state index contributed by atoms with van der Waals surface area (Å²) in [5, 5.41) is 18.5. The number of carbonyl (C=O) groups excluding carboxylic acids is 2. The molecule has 1 amide bonds. The van der Waals surface area contributed by atoms with Crippen LogP contribution in [0, 0.1) is 0 Å². The van der Waals surface area contributed by atoms with Crippen molar-refractivity contribution in [3.8, 4) is 11.4 Å². The van der Waals surface area contributed by atoms with Crippen LogP contribution in [0.4, 0.5) is 5.69 Å². The van der Waals surface area contributed by atoms with Gasteiger partial charge >= 0.3 is 5.97 Å². The maximum atomic E-state index is 12.1. The molecule has 1 aromatic carbocycles. The molecule has 0 saturated carbocycles. The lowest BCUT2D eigenvalue weighted by molar-refractivity contribution is -0.117. The van der Waals surface area contributed by atoms with Crippen LogP contribution in [0.3, 0.4) is 0 Å². The number of nitrogens with one attached hydrogen (secondary N) is 1. The molecule has 0 radical (unpaired) electrons. The molecule has 0 aliphatic carbocycles. The van der Waals surface area contributed by atoms with E-state index in [9.17, 15) is 9.59 Å². The second-order valence-electron chi connectivity index (χ2n) is 5.42. The van der Waals surface area contributed by atoms with Gasteiger partial charge in [-0.1, -0.05) is 6.92 Å². The quantitative estimate of drug-likeness (QED) is 0.641. The molecule has 2 aromatic heterocycles. The van der Waals surface area contributed by atoms with Crippen LogP contribution in [0.5, 0.6) is 0 Å². The summed E-state index contributed by atoms with van der Waals surface area (Å²) in [6.45, 7) is 2.26. The maximum Gasteiger partial charge on any atom is 0.338 e. The van der Waals surface area contributed by atoms with E-state index in [1.807, 2.05) is 23.8 Å². The molecule has 0 atom stereocenters. The Balaban J connectivity index is 1.56. The van der Waals surface area contributed by atoms with Crippen molar-refractivity contribution >= 4 is 28.9 Å². The standard InChI is InChI=1S/C17H17N5O3S/c1-2-8-25-17(24)12-3-5-14(6-4-12)18-15(23)10-22-20-16(19-21-22)13-7-9-26-11-13/h3-7,9,11H,2,8,10H2,1H3,(H,18,23). The third-order valence-electron chi connectivity index (χ3n) is 3.36. The summed E-state index contributed by atoms with van der Waals surface area (Å²) >= 11 is 1.54. The highest BCUT2D eigenvalue weighted by Gasteiger charge is 2.11. The van der Waals surface area contributed by atoms with Crippen molar-refractivity contribution in [2.24, 2.45) is 0 Å². The molecule has 9 heteroatoms. The van der Waals surface area contributed by atoms with Crippen molar-refractivity contribution in [3.63, 3.8) is 0 Å². The first kappa shape index (κ1) is 17.7. The minimum Gasteiger partial charge on any atom is -0.462 e. The van der Waals surface area contributed by atoms with Gasteiger partial charge in [-0.3, -0.25) is 4.79 Å². The van der Waals surface area contributed by atoms with Crippen LogP contribution < -0.4 is 5.32 Å². The highest BCUT2D eigenvalue weighted by atomic mass is 32.1. The number of rotatable bonds is 7. The Morgan fingerprint density at radius 1 is 1.23 bits per heavy atom. The molecular formula is C17H17N5O3S. The van der Waals surface area contributed by atoms with Gasteiger partial charge in [-0.05, 0) is 47.3 Å². The van der Waals surface area contributed by atoms with E-state index in [4.69, 9.17) is 4.74 Å². The third-order valence-corrected chi connectivity index (χ3v) is 4.04. The molecule has 26 heavy (non-hydrogen) atoms. The summed E-state index contributed by atoms with van der Waals surface area (Å²) < 4.78 is 5.06. The number of hydrogen-bond donors (Lipinski definition) is 1. The largest absolute Gasteiger partial charge is 0.462 e. The number of carbonyl (C=O) groups is 2. The second-order valence-corrected chi connectivity index (χ2v) is 6.20. The summed E-state index contributed by atoms with van der Waals surface area (Å²) in [4.78, 5) is 25.1. The van der Waals surface area contributed by atoms with Gasteiger partial charge in [-0.15, -0.1) is 10.2 Å². The SMILES string of the molecule is CCCOC(=O)c1ccc(NC(=O)Cn2nnc(-c3ccsc3)n2)cc1. The van der Waals surface area contributed by atoms with Crippen molar-refractivity contribution in [3.05, 3.63) is 46.7 Å². The minimum absolute atomic E-state index is 0.0581. The zero-order valence-electron chi connectivity index (χ0n) is 14.1. The van der Waals surface area contributed by atoms with Gasteiger partial charge in [0.05, 0.1) is 12.2 Å². The number of nitrogens with zero attached hydrogens (tertiary/aromatic N) is 4. The first-order chi connectivity index (χ1) is 12.7. The monoisotopic (exact) mass is 371 g/mol. The molecule has 134 valence electrons. The van der Waals surface area contributed by atoms with E-state index in [2.05, 4.69) is 20.7 Å². The lowest BCUT2D eigenvalue weighted by atomic mass is 10.2. The lowest BCUT2D eigenvalue weighted by Gasteiger charge is -2.06. The average molecular weight is 371 g/mol. The zero-order valence-corrected chi connectivity index (χ0v) is 14.9. The predicted octanol–water partition coefficient (Wildman–Crippen LogP) is 2.61. The van der Waals surface area contributed by atoms with Gasteiger partial charge in [0.25, 0.3) is 0 Å². The Labute approximate surface area is 153 Å². The van der Waals surface area contributed by atoms with Gasteiger partial charge in [-0.2, -0.15) is 16.1 Å². The Morgan fingerprint density at radius 2 is 2.04 bits per heavy atom. The average Bonchev–Trinajstić information content (AvgIpc) is 3.31. The normalized spacial score (nSPS) is 10.5. The molecule has 0 fully saturated rings. The molecule has 2 heterocycles. The maximum absolute atomic E-state index is 12.1. The summed E-state index contributed by atoms with van der Waals surface area (Å²) in [6.07, 6.45) is 0.768. The number of esters is 1. The van der Waals surface area contributed by atoms with Crippen molar-refractivity contribution < 1.29 is 14.3 Å². The highest BCUT2D eigenvalue weighted by molar-refractivity contribution is 7.08. The summed E-state index contributed by atoms with van der Waals surface area (Å²) in [5.41, 5.74) is 1.88. The molecule has 3 rings (SSSR count). The molecule has 3 aromatic rings. The Bertz CT molecular complexity index is 874. The topological polar surface area (TPSA) is 99.0 Å². The molecule has 0 aliphatic heterocycles. The summed E-state index contributed by atoms with van der Waals surface area (Å²) in [7, 11) is 0.